The van der Waals surface area contributed by atoms with Crippen LogP contribution in [0.25, 0.3) is 0 Å². The Balaban J connectivity index is 2.62. The Labute approximate surface area is 91.6 Å². The quantitative estimate of drug-likeness (QED) is 0.647. The van der Waals surface area contributed by atoms with Gasteiger partial charge in [0, 0.05) is 15.4 Å². The Bertz CT molecular complexity index is 260. The van der Waals surface area contributed by atoms with Crippen LogP contribution in [0.5, 0.6) is 0 Å². The van der Waals surface area contributed by atoms with Gasteiger partial charge < -0.3 is 0 Å². The van der Waals surface area contributed by atoms with Crippen LogP contribution in [0.2, 0.25) is 0 Å². The fraction of sp³-hybridized carbons (Fsp3) is 0.556. The third kappa shape index (κ3) is 3.06. The highest BCUT2D eigenvalue weighted by atomic mass is 79.9. The normalized spacial score (nSPS) is 13.6. The van der Waals surface area contributed by atoms with Crippen molar-refractivity contribution in [2.75, 3.05) is 0 Å². The number of thiophene rings is 1. The molecular weight excluding hydrogens is 248 g/mol. The van der Waals surface area contributed by atoms with Crippen LogP contribution in [-0.2, 0) is 6.42 Å². The summed E-state index contributed by atoms with van der Waals surface area (Å²) in [6.07, 6.45) is 0.992. The van der Waals surface area contributed by atoms with Crippen molar-refractivity contribution in [3.8, 4) is 0 Å². The number of nitrogens with one attached hydrogen (secondary N) is 1. The van der Waals surface area contributed by atoms with Crippen LogP contribution in [-0.4, -0.2) is 6.04 Å². The second-order valence-corrected chi connectivity index (χ2v) is 5.27. The van der Waals surface area contributed by atoms with E-state index in [0.717, 1.165) is 6.42 Å². The van der Waals surface area contributed by atoms with E-state index >= 15 is 0 Å². The average Bonchev–Trinajstić information content (AvgIpc) is 2.46. The largest absolute Gasteiger partial charge is 0.271 e. The molecule has 0 radical (unpaired) electrons. The van der Waals surface area contributed by atoms with E-state index in [1.165, 1.54) is 9.35 Å². The van der Waals surface area contributed by atoms with Gasteiger partial charge >= 0.3 is 0 Å². The fourth-order valence-electron chi connectivity index (χ4n) is 1.16. The molecule has 0 aliphatic rings. The second kappa shape index (κ2) is 5.10. The Morgan fingerprint density at radius 3 is 2.69 bits per heavy atom. The van der Waals surface area contributed by atoms with E-state index in [0.29, 0.717) is 12.0 Å². The second-order valence-electron chi connectivity index (χ2n) is 3.41. The van der Waals surface area contributed by atoms with Gasteiger partial charge in [0.15, 0.2) is 0 Å². The number of halogens is 1. The molecule has 0 fully saturated rings. The average molecular weight is 263 g/mol. The molecular formula is C9H15BrN2S. The van der Waals surface area contributed by atoms with E-state index in [4.69, 9.17) is 5.84 Å². The lowest BCUT2D eigenvalue weighted by Gasteiger charge is -2.18. The van der Waals surface area contributed by atoms with Crippen LogP contribution >= 0.6 is 27.3 Å². The van der Waals surface area contributed by atoms with Gasteiger partial charge in [-0.2, -0.15) is 0 Å². The zero-order valence-electron chi connectivity index (χ0n) is 7.88. The van der Waals surface area contributed by atoms with E-state index in [9.17, 15) is 0 Å². The Kier molecular flexibility index (Phi) is 4.38. The highest BCUT2D eigenvalue weighted by molar-refractivity contribution is 9.10. The van der Waals surface area contributed by atoms with E-state index in [2.05, 4.69) is 46.6 Å². The summed E-state index contributed by atoms with van der Waals surface area (Å²) < 4.78 is 1.19. The molecule has 1 rings (SSSR count). The number of rotatable bonds is 4. The molecule has 0 bridgehead atoms. The van der Waals surface area contributed by atoms with Crippen molar-refractivity contribution in [2.24, 2.45) is 11.8 Å². The SMILES string of the molecule is CC(C)C(Cc1sccc1Br)NN. The van der Waals surface area contributed by atoms with Gasteiger partial charge in [-0.1, -0.05) is 13.8 Å². The molecule has 1 unspecified atom stereocenters. The first-order valence-electron chi connectivity index (χ1n) is 4.33. The van der Waals surface area contributed by atoms with Crippen molar-refractivity contribution in [1.29, 1.82) is 0 Å². The lowest BCUT2D eigenvalue weighted by molar-refractivity contribution is 0.406. The van der Waals surface area contributed by atoms with Gasteiger partial charge in [-0.15, -0.1) is 11.3 Å². The van der Waals surface area contributed by atoms with Crippen molar-refractivity contribution in [1.82, 2.24) is 5.43 Å². The Hall–Kier alpha value is 0.1000. The molecule has 1 aromatic rings. The molecule has 0 saturated carbocycles. The number of hydrazine groups is 1. The van der Waals surface area contributed by atoms with Gasteiger partial charge in [0.2, 0.25) is 0 Å². The highest BCUT2D eigenvalue weighted by Gasteiger charge is 2.14. The maximum absolute atomic E-state index is 5.48. The minimum atomic E-state index is 0.356. The molecule has 3 N–H and O–H groups in total. The van der Waals surface area contributed by atoms with E-state index in [1.54, 1.807) is 11.3 Å². The van der Waals surface area contributed by atoms with E-state index < -0.39 is 0 Å². The van der Waals surface area contributed by atoms with Gasteiger partial charge in [0.25, 0.3) is 0 Å². The zero-order valence-corrected chi connectivity index (χ0v) is 10.3. The molecule has 13 heavy (non-hydrogen) atoms. The minimum Gasteiger partial charge on any atom is -0.271 e. The first-order chi connectivity index (χ1) is 6.15. The summed E-state index contributed by atoms with van der Waals surface area (Å²) in [4.78, 5) is 1.36. The number of nitrogens with two attached hydrogens (primary N) is 1. The Morgan fingerprint density at radius 1 is 1.62 bits per heavy atom. The van der Waals surface area contributed by atoms with Crippen molar-refractivity contribution >= 4 is 27.3 Å². The van der Waals surface area contributed by atoms with Crippen molar-refractivity contribution in [3.05, 3.63) is 20.8 Å². The molecule has 1 atom stereocenters. The third-order valence-corrected chi connectivity index (χ3v) is 4.06. The Morgan fingerprint density at radius 2 is 2.31 bits per heavy atom. The maximum Gasteiger partial charge on any atom is 0.0314 e. The molecule has 1 aromatic heterocycles. The van der Waals surface area contributed by atoms with Crippen LogP contribution in [0.4, 0.5) is 0 Å². The molecule has 0 aliphatic carbocycles. The molecule has 0 spiro atoms. The first-order valence-corrected chi connectivity index (χ1v) is 6.00. The van der Waals surface area contributed by atoms with Gasteiger partial charge in [0.05, 0.1) is 0 Å². The summed E-state index contributed by atoms with van der Waals surface area (Å²) >= 11 is 5.28. The standard InChI is InChI=1S/C9H15BrN2S/c1-6(2)8(12-11)5-9-7(10)3-4-13-9/h3-4,6,8,12H,5,11H2,1-2H3. The predicted molar refractivity (Wildman–Crippen MR) is 61.7 cm³/mol. The van der Waals surface area contributed by atoms with Crippen LogP contribution < -0.4 is 11.3 Å². The number of hydrogen-bond acceptors (Lipinski definition) is 3. The van der Waals surface area contributed by atoms with Crippen LogP contribution in [0.3, 0.4) is 0 Å². The van der Waals surface area contributed by atoms with Crippen LogP contribution in [0.1, 0.15) is 18.7 Å². The summed E-state index contributed by atoms with van der Waals surface area (Å²) in [7, 11) is 0. The predicted octanol–water partition coefficient (Wildman–Crippen LogP) is 2.54. The molecule has 0 aliphatic heterocycles. The first kappa shape index (κ1) is 11.2. The van der Waals surface area contributed by atoms with Gasteiger partial charge in [-0.3, -0.25) is 11.3 Å². The zero-order chi connectivity index (χ0) is 9.84. The highest BCUT2D eigenvalue weighted by Crippen LogP contribution is 2.25. The summed E-state index contributed by atoms with van der Waals surface area (Å²) in [6.45, 7) is 4.35. The van der Waals surface area contributed by atoms with Crippen molar-refractivity contribution in [2.45, 2.75) is 26.3 Å². The molecule has 4 heteroatoms. The molecule has 0 aromatic carbocycles. The summed E-state index contributed by atoms with van der Waals surface area (Å²) in [5.41, 5.74) is 2.85. The third-order valence-electron chi connectivity index (χ3n) is 2.12. The van der Waals surface area contributed by atoms with E-state index in [-0.39, 0.29) is 0 Å². The van der Waals surface area contributed by atoms with Gasteiger partial charge in [-0.05, 0) is 39.7 Å². The smallest absolute Gasteiger partial charge is 0.0314 e. The van der Waals surface area contributed by atoms with Crippen LogP contribution in [0.15, 0.2) is 15.9 Å². The molecule has 2 nitrogen and oxygen atoms in total. The summed E-state index contributed by atoms with van der Waals surface area (Å²) in [6, 6.07) is 2.43. The van der Waals surface area contributed by atoms with Gasteiger partial charge in [-0.25, -0.2) is 0 Å². The van der Waals surface area contributed by atoms with Crippen LogP contribution in [0, 0.1) is 5.92 Å². The summed E-state index contributed by atoms with van der Waals surface area (Å²) in [5, 5.41) is 2.09. The molecule has 74 valence electrons. The minimum absolute atomic E-state index is 0.356. The number of hydrogen-bond donors (Lipinski definition) is 2. The fourth-order valence-corrected chi connectivity index (χ4v) is 2.73. The lowest BCUT2D eigenvalue weighted by atomic mass is 10.0. The van der Waals surface area contributed by atoms with Gasteiger partial charge in [0.1, 0.15) is 0 Å². The molecule has 0 amide bonds. The molecule has 0 saturated heterocycles. The monoisotopic (exact) mass is 262 g/mol. The van der Waals surface area contributed by atoms with Crippen molar-refractivity contribution in [3.63, 3.8) is 0 Å². The maximum atomic E-state index is 5.48. The summed E-state index contributed by atoms with van der Waals surface area (Å²) in [5.74, 6) is 6.03. The lowest BCUT2D eigenvalue weighted by Crippen LogP contribution is -2.40. The van der Waals surface area contributed by atoms with Crippen molar-refractivity contribution < 1.29 is 0 Å². The molecule has 1 heterocycles. The topological polar surface area (TPSA) is 38.0 Å². The van der Waals surface area contributed by atoms with E-state index in [1.807, 2.05) is 0 Å².